The Kier molecular flexibility index (Phi) is 6.50. The van der Waals surface area contributed by atoms with Crippen molar-refractivity contribution in [3.05, 3.63) is 87.6 Å². The average molecular weight is 650 g/mol. The molecule has 0 saturated heterocycles. The van der Waals surface area contributed by atoms with Gasteiger partial charge in [0.2, 0.25) is 0 Å². The zero-order chi connectivity index (χ0) is 28.6. The van der Waals surface area contributed by atoms with Crippen LogP contribution >= 0.6 is 22.6 Å². The molecule has 1 nitrogen and oxygen atoms in total. The van der Waals surface area contributed by atoms with E-state index in [1.807, 2.05) is 0 Å². The molecular formula is C39H40IN. The zero-order valence-corrected chi connectivity index (χ0v) is 27.3. The highest BCUT2D eigenvalue weighted by Gasteiger charge is 2.27. The number of aryl methyl sites for hydroxylation is 2. The summed E-state index contributed by atoms with van der Waals surface area (Å²) in [6.07, 6.45) is 12.1. The van der Waals surface area contributed by atoms with E-state index in [1.54, 1.807) is 0 Å². The van der Waals surface area contributed by atoms with Gasteiger partial charge in [0.25, 0.3) is 0 Å². The first-order chi connectivity index (χ1) is 19.7. The monoisotopic (exact) mass is 649 g/mol. The van der Waals surface area contributed by atoms with E-state index in [0.717, 1.165) is 18.8 Å². The largest absolute Gasteiger partial charge is 0.308 e. The van der Waals surface area contributed by atoms with Gasteiger partial charge in [-0.1, -0.05) is 129 Å². The summed E-state index contributed by atoms with van der Waals surface area (Å²) in [4.78, 5) is 0. The fourth-order valence-corrected chi connectivity index (χ4v) is 8.36. The molecule has 2 aromatic heterocycles. The Morgan fingerprint density at radius 2 is 1.68 bits per heavy atom. The van der Waals surface area contributed by atoms with Gasteiger partial charge in [0.1, 0.15) is 0 Å². The molecule has 7 rings (SSSR count). The molecule has 0 amide bonds. The maximum absolute atomic E-state index is 4.90. The number of hydrogen-bond donors (Lipinski definition) is 0. The number of aromatic nitrogens is 1. The van der Waals surface area contributed by atoms with E-state index < -0.39 is 0 Å². The Balaban J connectivity index is 1.80. The molecule has 0 aliphatic heterocycles. The minimum absolute atomic E-state index is 0.113. The van der Waals surface area contributed by atoms with Gasteiger partial charge in [0.05, 0.1) is 16.6 Å². The summed E-state index contributed by atoms with van der Waals surface area (Å²) >= 11 is 2.64. The quantitative estimate of drug-likeness (QED) is 0.0995. The molecule has 0 atom stereocenters. The van der Waals surface area contributed by atoms with Crippen LogP contribution in [0.15, 0.2) is 54.6 Å². The number of fused-ring (bicyclic) bond motifs is 6. The minimum Gasteiger partial charge on any atom is -0.308 e. The number of rotatable bonds is 5. The molecular weight excluding hydrogens is 609 g/mol. The van der Waals surface area contributed by atoms with Crippen molar-refractivity contribution in [2.45, 2.75) is 76.6 Å². The van der Waals surface area contributed by atoms with Gasteiger partial charge >= 0.3 is 0 Å². The lowest BCUT2D eigenvalue weighted by Gasteiger charge is -2.24. The number of nitrogens with zero attached hydrogens (tertiary/aromatic N) is 1. The molecule has 2 heteroatoms. The lowest BCUT2D eigenvalue weighted by Crippen LogP contribution is -2.17. The van der Waals surface area contributed by atoms with Crippen molar-refractivity contribution in [1.82, 2.24) is 4.40 Å². The topological polar surface area (TPSA) is 4.41 Å². The smallest absolute Gasteiger partial charge is 0.0628 e. The van der Waals surface area contributed by atoms with E-state index in [0.29, 0.717) is 0 Å². The fourth-order valence-electron chi connectivity index (χ4n) is 7.98. The fraction of sp³-hybridized carbons (Fsp3) is 0.333. The van der Waals surface area contributed by atoms with E-state index in [-0.39, 0.29) is 3.42 Å². The molecule has 0 radical (unpaired) electrons. The van der Waals surface area contributed by atoms with E-state index >= 15 is 0 Å². The Hall–Kier alpha value is -2.85. The highest BCUT2D eigenvalue weighted by atomic mass is 127. The number of halogens is 1. The maximum atomic E-state index is 4.90. The molecule has 2 heterocycles. The molecule has 208 valence electrons. The van der Waals surface area contributed by atoms with E-state index in [1.165, 1.54) is 108 Å². The Bertz CT molecular complexity index is 2080. The van der Waals surface area contributed by atoms with Crippen LogP contribution in [-0.2, 0) is 12.8 Å². The average Bonchev–Trinajstić information content (AvgIpc) is 3.55. The second kappa shape index (κ2) is 9.87. The normalized spacial score (nSPS) is 15.3. The van der Waals surface area contributed by atoms with Crippen molar-refractivity contribution in [2.75, 3.05) is 0 Å². The van der Waals surface area contributed by atoms with Gasteiger partial charge in [-0.2, -0.15) is 0 Å². The van der Waals surface area contributed by atoms with Crippen molar-refractivity contribution in [1.29, 1.82) is 0 Å². The van der Waals surface area contributed by atoms with E-state index in [9.17, 15) is 0 Å². The van der Waals surface area contributed by atoms with Gasteiger partial charge in [-0.15, -0.1) is 0 Å². The molecule has 0 unspecified atom stereocenters. The van der Waals surface area contributed by atoms with Gasteiger partial charge < -0.3 is 4.40 Å². The Labute approximate surface area is 257 Å². The SMILES string of the molecule is C=c1c2c(C)c3ccc(C)cc3c(CC(C)(C)I)c2n2c3ccccc3c3c(CC4CCCC4)cc(/C=C\C)c1c32. The standard InChI is InChI=1S/C39H40IN/c1-7-12-27-21-28(20-26-13-8-9-14-26)36-30-15-10-11-16-33(30)41-37-32(22-39(5,6)40)31-19-23(2)17-18-29(31)24(3)34(37)25(4)35(27)38(36)41/h7,10-12,15-19,21,26H,4,8-9,13-14,20,22H2,1-3,5-6H3/b12-7-. The second-order valence-corrected chi connectivity index (χ2v) is 16.1. The zero-order valence-electron chi connectivity index (χ0n) is 25.1. The van der Waals surface area contributed by atoms with Crippen molar-refractivity contribution in [3.63, 3.8) is 0 Å². The molecule has 1 aliphatic rings. The van der Waals surface area contributed by atoms with Crippen LogP contribution in [0.3, 0.4) is 0 Å². The molecule has 0 spiro atoms. The first kappa shape index (κ1) is 27.0. The molecule has 1 aliphatic carbocycles. The highest BCUT2D eigenvalue weighted by molar-refractivity contribution is 14.1. The molecule has 0 bridgehead atoms. The summed E-state index contributed by atoms with van der Waals surface area (Å²) in [6.45, 7) is 16.3. The van der Waals surface area contributed by atoms with Gasteiger partial charge in [0.15, 0.2) is 0 Å². The summed E-state index contributed by atoms with van der Waals surface area (Å²) < 4.78 is 2.77. The number of alkyl halides is 1. The first-order valence-electron chi connectivity index (χ1n) is 15.3. The van der Waals surface area contributed by atoms with Crippen LogP contribution in [0.2, 0.25) is 0 Å². The number of pyridine rings is 1. The van der Waals surface area contributed by atoms with Gasteiger partial charge in [-0.3, -0.25) is 0 Å². The lowest BCUT2D eigenvalue weighted by molar-refractivity contribution is 0.548. The molecule has 1 saturated carbocycles. The van der Waals surface area contributed by atoms with Crippen molar-refractivity contribution < 1.29 is 0 Å². The Morgan fingerprint density at radius 1 is 0.927 bits per heavy atom. The first-order valence-corrected chi connectivity index (χ1v) is 16.4. The summed E-state index contributed by atoms with van der Waals surface area (Å²) in [5.74, 6) is 0.785. The van der Waals surface area contributed by atoms with E-state index in [4.69, 9.17) is 6.58 Å². The van der Waals surface area contributed by atoms with Crippen LogP contribution in [-0.4, -0.2) is 7.82 Å². The van der Waals surface area contributed by atoms with Crippen LogP contribution in [0, 0.1) is 19.8 Å². The van der Waals surface area contributed by atoms with Gasteiger partial charge in [-0.05, 0) is 83.8 Å². The number of para-hydroxylation sites is 1. The van der Waals surface area contributed by atoms with Crippen LogP contribution in [0.4, 0.5) is 0 Å². The van der Waals surface area contributed by atoms with Crippen LogP contribution < -0.4 is 5.22 Å². The minimum atomic E-state index is 0.113. The summed E-state index contributed by atoms with van der Waals surface area (Å²) in [5, 5.41) is 9.38. The number of benzene rings is 4. The van der Waals surface area contributed by atoms with Crippen molar-refractivity contribution in [2.24, 2.45) is 5.92 Å². The summed E-state index contributed by atoms with van der Waals surface area (Å²) in [5.41, 5.74) is 11.0. The van der Waals surface area contributed by atoms with Gasteiger partial charge in [0, 0.05) is 25.0 Å². The maximum Gasteiger partial charge on any atom is 0.0628 e. The predicted octanol–water partition coefficient (Wildman–Crippen LogP) is 10.8. The summed E-state index contributed by atoms with van der Waals surface area (Å²) in [7, 11) is 0. The van der Waals surface area contributed by atoms with Crippen molar-refractivity contribution >= 4 is 84.1 Å². The number of allylic oxidation sites excluding steroid dienone is 1. The lowest BCUT2D eigenvalue weighted by atomic mass is 9.87. The third kappa shape index (κ3) is 4.23. The molecule has 6 aromatic rings. The predicted molar refractivity (Wildman–Crippen MR) is 190 cm³/mol. The molecule has 41 heavy (non-hydrogen) atoms. The number of hydrogen-bond acceptors (Lipinski definition) is 0. The summed E-state index contributed by atoms with van der Waals surface area (Å²) in [6, 6.07) is 18.7. The second-order valence-electron chi connectivity index (χ2n) is 13.2. The Morgan fingerprint density at radius 3 is 2.41 bits per heavy atom. The van der Waals surface area contributed by atoms with Crippen LogP contribution in [0.1, 0.15) is 74.3 Å². The van der Waals surface area contributed by atoms with Crippen LogP contribution in [0.5, 0.6) is 0 Å². The molecule has 1 fully saturated rings. The van der Waals surface area contributed by atoms with E-state index in [2.05, 4.69) is 122 Å². The third-order valence-electron chi connectivity index (χ3n) is 9.61. The van der Waals surface area contributed by atoms with Gasteiger partial charge in [-0.25, -0.2) is 0 Å². The van der Waals surface area contributed by atoms with Crippen LogP contribution in [0.25, 0.3) is 61.5 Å². The molecule has 4 aromatic carbocycles. The highest BCUT2D eigenvalue weighted by Crippen LogP contribution is 2.43. The van der Waals surface area contributed by atoms with Crippen molar-refractivity contribution in [3.8, 4) is 0 Å². The molecule has 0 N–H and O–H groups in total. The third-order valence-corrected chi connectivity index (χ3v) is 9.99.